The predicted octanol–water partition coefficient (Wildman–Crippen LogP) is 5.19. The van der Waals surface area contributed by atoms with Crippen LogP contribution in [0.1, 0.15) is 24.5 Å². The Bertz CT molecular complexity index is 615. The zero-order valence-electron chi connectivity index (χ0n) is 11.0. The first kappa shape index (κ1) is 15.7. The Morgan fingerprint density at radius 3 is 2.50 bits per heavy atom. The molecule has 0 spiro atoms. The Morgan fingerprint density at radius 2 is 1.85 bits per heavy atom. The summed E-state index contributed by atoms with van der Waals surface area (Å²) in [5, 5.41) is 10.9. The van der Waals surface area contributed by atoms with Crippen LogP contribution in [0.25, 0.3) is 0 Å². The molecule has 0 heterocycles. The van der Waals surface area contributed by atoms with Crippen LogP contribution >= 0.6 is 31.9 Å². The molecule has 2 aromatic rings. The van der Waals surface area contributed by atoms with Gasteiger partial charge < -0.3 is 5.11 Å². The number of rotatable bonds is 4. The highest BCUT2D eigenvalue weighted by Gasteiger charge is 2.28. The predicted molar refractivity (Wildman–Crippen MR) is 86.1 cm³/mol. The minimum Gasteiger partial charge on any atom is -0.385 e. The SMILES string of the molecule is CCC(O)(Cc1cccc(F)c1Br)c1cccc(Br)c1. The van der Waals surface area contributed by atoms with Crippen molar-refractivity contribution in [2.24, 2.45) is 0 Å². The quantitative estimate of drug-likeness (QED) is 0.747. The Balaban J connectivity index is 2.39. The molecule has 0 saturated carbocycles. The van der Waals surface area contributed by atoms with E-state index in [4.69, 9.17) is 0 Å². The van der Waals surface area contributed by atoms with Crippen LogP contribution in [-0.2, 0) is 12.0 Å². The van der Waals surface area contributed by atoms with Gasteiger partial charge in [-0.3, -0.25) is 0 Å². The van der Waals surface area contributed by atoms with E-state index in [9.17, 15) is 9.50 Å². The molecule has 4 heteroatoms. The zero-order valence-corrected chi connectivity index (χ0v) is 14.2. The summed E-state index contributed by atoms with van der Waals surface area (Å²) in [5.41, 5.74) is 0.569. The summed E-state index contributed by atoms with van der Waals surface area (Å²) < 4.78 is 14.9. The van der Waals surface area contributed by atoms with Crippen LogP contribution in [0.2, 0.25) is 0 Å². The molecule has 0 saturated heterocycles. The summed E-state index contributed by atoms with van der Waals surface area (Å²) in [6.07, 6.45) is 0.907. The lowest BCUT2D eigenvalue weighted by atomic mass is 9.85. The molecule has 1 nitrogen and oxygen atoms in total. The summed E-state index contributed by atoms with van der Waals surface area (Å²) in [6.45, 7) is 1.92. The Kier molecular flexibility index (Phi) is 4.99. The highest BCUT2D eigenvalue weighted by molar-refractivity contribution is 9.10. The van der Waals surface area contributed by atoms with Gasteiger partial charge in [0.1, 0.15) is 5.82 Å². The molecule has 0 aliphatic heterocycles. The monoisotopic (exact) mass is 400 g/mol. The maximum atomic E-state index is 13.6. The molecule has 2 rings (SSSR count). The third-order valence-electron chi connectivity index (χ3n) is 3.46. The second-order valence-electron chi connectivity index (χ2n) is 4.79. The van der Waals surface area contributed by atoms with Gasteiger partial charge in [-0.15, -0.1) is 0 Å². The van der Waals surface area contributed by atoms with E-state index in [0.717, 1.165) is 15.6 Å². The van der Waals surface area contributed by atoms with E-state index >= 15 is 0 Å². The van der Waals surface area contributed by atoms with Crippen molar-refractivity contribution >= 4 is 31.9 Å². The standard InChI is InChI=1S/C16H15Br2FO/c1-2-16(20,12-6-4-7-13(17)9-12)10-11-5-3-8-14(19)15(11)18/h3-9,20H,2,10H2,1H3. The van der Waals surface area contributed by atoms with Crippen LogP contribution in [0.3, 0.4) is 0 Å². The maximum absolute atomic E-state index is 13.6. The largest absolute Gasteiger partial charge is 0.385 e. The lowest BCUT2D eigenvalue weighted by Crippen LogP contribution is -2.28. The van der Waals surface area contributed by atoms with E-state index in [2.05, 4.69) is 31.9 Å². The van der Waals surface area contributed by atoms with Crippen molar-refractivity contribution in [3.05, 3.63) is 68.4 Å². The second-order valence-corrected chi connectivity index (χ2v) is 6.49. The molecule has 0 aliphatic rings. The molecule has 0 fully saturated rings. The lowest BCUT2D eigenvalue weighted by Gasteiger charge is -2.28. The number of halogens is 3. The van der Waals surface area contributed by atoms with E-state index < -0.39 is 5.60 Å². The third kappa shape index (κ3) is 3.30. The van der Waals surface area contributed by atoms with E-state index in [1.165, 1.54) is 6.07 Å². The normalized spacial score (nSPS) is 14.1. The van der Waals surface area contributed by atoms with Gasteiger partial charge in [-0.25, -0.2) is 4.39 Å². The van der Waals surface area contributed by atoms with Crippen molar-refractivity contribution in [3.63, 3.8) is 0 Å². The molecule has 1 N–H and O–H groups in total. The summed E-state index contributed by atoms with van der Waals surface area (Å²) >= 11 is 6.67. The number of benzene rings is 2. The van der Waals surface area contributed by atoms with E-state index in [0.29, 0.717) is 17.3 Å². The van der Waals surface area contributed by atoms with Crippen molar-refractivity contribution in [3.8, 4) is 0 Å². The van der Waals surface area contributed by atoms with Crippen molar-refractivity contribution in [1.82, 2.24) is 0 Å². The van der Waals surface area contributed by atoms with Gasteiger partial charge >= 0.3 is 0 Å². The van der Waals surface area contributed by atoms with E-state index in [-0.39, 0.29) is 5.82 Å². The van der Waals surface area contributed by atoms with Gasteiger partial charge in [0.15, 0.2) is 0 Å². The zero-order chi connectivity index (χ0) is 14.8. The van der Waals surface area contributed by atoms with E-state index in [1.54, 1.807) is 6.07 Å². The van der Waals surface area contributed by atoms with Crippen molar-refractivity contribution < 1.29 is 9.50 Å². The molecule has 2 aromatic carbocycles. The topological polar surface area (TPSA) is 20.2 Å². The van der Waals surface area contributed by atoms with Gasteiger partial charge in [0.05, 0.1) is 10.1 Å². The van der Waals surface area contributed by atoms with Crippen LogP contribution in [-0.4, -0.2) is 5.11 Å². The first-order chi connectivity index (χ1) is 9.46. The molecule has 0 aromatic heterocycles. The molecule has 1 atom stereocenters. The molecular formula is C16H15Br2FO. The first-order valence-corrected chi connectivity index (χ1v) is 7.96. The molecule has 0 aliphatic carbocycles. The average molecular weight is 402 g/mol. The Labute approximate surface area is 135 Å². The Hall–Kier alpha value is -0.710. The number of hydrogen-bond donors (Lipinski definition) is 1. The maximum Gasteiger partial charge on any atom is 0.137 e. The highest BCUT2D eigenvalue weighted by Crippen LogP contribution is 2.33. The first-order valence-electron chi connectivity index (χ1n) is 6.37. The van der Waals surface area contributed by atoms with Crippen LogP contribution < -0.4 is 0 Å². The molecule has 0 radical (unpaired) electrons. The van der Waals surface area contributed by atoms with Gasteiger partial charge in [0.25, 0.3) is 0 Å². The summed E-state index contributed by atoms with van der Waals surface area (Å²) in [6, 6.07) is 12.5. The molecular weight excluding hydrogens is 387 g/mol. The fraction of sp³-hybridized carbons (Fsp3) is 0.250. The van der Waals surface area contributed by atoms with Gasteiger partial charge in [-0.1, -0.05) is 47.1 Å². The van der Waals surface area contributed by atoms with Gasteiger partial charge in [0, 0.05) is 10.9 Å². The minimum atomic E-state index is -1.01. The van der Waals surface area contributed by atoms with Crippen molar-refractivity contribution in [2.45, 2.75) is 25.4 Å². The van der Waals surface area contributed by atoms with Gasteiger partial charge in [0.2, 0.25) is 0 Å². The third-order valence-corrected chi connectivity index (χ3v) is 4.84. The van der Waals surface area contributed by atoms with Crippen molar-refractivity contribution in [1.29, 1.82) is 0 Å². The second kappa shape index (κ2) is 6.37. The fourth-order valence-corrected chi connectivity index (χ4v) is 3.01. The van der Waals surface area contributed by atoms with E-state index in [1.807, 2.05) is 37.3 Å². The average Bonchev–Trinajstić information content (AvgIpc) is 2.44. The molecule has 0 bridgehead atoms. The van der Waals surface area contributed by atoms with Crippen LogP contribution in [0.15, 0.2) is 51.4 Å². The summed E-state index contributed by atoms with van der Waals surface area (Å²) in [5.74, 6) is -0.310. The van der Waals surface area contributed by atoms with Gasteiger partial charge in [-0.2, -0.15) is 0 Å². The number of hydrogen-bond acceptors (Lipinski definition) is 1. The van der Waals surface area contributed by atoms with Crippen molar-refractivity contribution in [2.75, 3.05) is 0 Å². The molecule has 20 heavy (non-hydrogen) atoms. The van der Waals surface area contributed by atoms with Crippen LogP contribution in [0, 0.1) is 5.82 Å². The Morgan fingerprint density at radius 1 is 1.15 bits per heavy atom. The molecule has 0 amide bonds. The highest BCUT2D eigenvalue weighted by atomic mass is 79.9. The van der Waals surface area contributed by atoms with Crippen LogP contribution in [0.4, 0.5) is 4.39 Å². The van der Waals surface area contributed by atoms with Gasteiger partial charge in [-0.05, 0) is 51.7 Å². The minimum absolute atomic E-state index is 0.310. The lowest BCUT2D eigenvalue weighted by molar-refractivity contribution is 0.0324. The summed E-state index contributed by atoms with van der Waals surface area (Å²) in [7, 11) is 0. The number of aliphatic hydroxyl groups is 1. The smallest absolute Gasteiger partial charge is 0.137 e. The van der Waals surface area contributed by atoms with Crippen LogP contribution in [0.5, 0.6) is 0 Å². The molecule has 1 unspecified atom stereocenters. The fourth-order valence-electron chi connectivity index (χ4n) is 2.21. The summed E-state index contributed by atoms with van der Waals surface area (Å²) in [4.78, 5) is 0. The molecule has 106 valence electrons.